The van der Waals surface area contributed by atoms with Gasteiger partial charge in [-0.3, -0.25) is 4.68 Å². The van der Waals surface area contributed by atoms with Gasteiger partial charge in [0.25, 0.3) is 0 Å². The van der Waals surface area contributed by atoms with Crippen LogP contribution < -0.4 is 5.32 Å². The quantitative estimate of drug-likeness (QED) is 0.589. The van der Waals surface area contributed by atoms with Crippen molar-refractivity contribution in [2.75, 3.05) is 11.9 Å². The fraction of sp³-hybridized carbons (Fsp3) is 0.450. The van der Waals surface area contributed by atoms with Gasteiger partial charge in [0.05, 0.1) is 17.4 Å². The van der Waals surface area contributed by atoms with Crippen LogP contribution in [0.1, 0.15) is 48.5 Å². The Balaban J connectivity index is 1.61. The molecule has 0 bridgehead atoms. The molecule has 1 fully saturated rings. The van der Waals surface area contributed by atoms with E-state index in [0.717, 1.165) is 35.0 Å². The fourth-order valence-electron chi connectivity index (χ4n) is 3.77. The van der Waals surface area contributed by atoms with Crippen LogP contribution >= 0.6 is 11.3 Å². The molecule has 0 aliphatic carbocycles. The van der Waals surface area contributed by atoms with E-state index in [2.05, 4.69) is 15.4 Å². The highest BCUT2D eigenvalue weighted by Gasteiger charge is 2.38. The molecule has 30 heavy (non-hydrogen) atoms. The monoisotopic (exact) mass is 446 g/mol. The van der Waals surface area contributed by atoms with Gasteiger partial charge in [0.1, 0.15) is 10.7 Å². The Kier molecular flexibility index (Phi) is 5.90. The Hall–Kier alpha value is -2.30. The standard InChI is InChI=1S/C20H26N6O2S2/c1-4-10-25-13-18(15(3)24-25)30(27,28)26-11-6-8-17(26)16-7-5-9-19(22-16)23-20-21-12-14(2)29-20/h5,7,9,12-13,17H,4,6,8,10-11H2,1-3H3,(H,21,22,23). The minimum Gasteiger partial charge on any atom is -0.316 e. The lowest BCUT2D eigenvalue weighted by molar-refractivity contribution is 0.390. The summed E-state index contributed by atoms with van der Waals surface area (Å²) in [6, 6.07) is 5.37. The van der Waals surface area contributed by atoms with Crippen LogP contribution in [0.2, 0.25) is 0 Å². The molecular formula is C20H26N6O2S2. The lowest BCUT2D eigenvalue weighted by Crippen LogP contribution is -2.31. The first-order chi connectivity index (χ1) is 14.4. The summed E-state index contributed by atoms with van der Waals surface area (Å²) in [6.45, 7) is 6.98. The molecule has 1 unspecified atom stereocenters. The maximum Gasteiger partial charge on any atom is 0.247 e. The van der Waals surface area contributed by atoms with Gasteiger partial charge in [0.15, 0.2) is 5.13 Å². The first-order valence-electron chi connectivity index (χ1n) is 10.1. The van der Waals surface area contributed by atoms with Crippen LogP contribution in [0.25, 0.3) is 0 Å². The molecule has 0 amide bonds. The molecule has 1 saturated heterocycles. The number of rotatable bonds is 7. The summed E-state index contributed by atoms with van der Waals surface area (Å²) >= 11 is 1.55. The van der Waals surface area contributed by atoms with Crippen molar-refractivity contribution in [1.82, 2.24) is 24.1 Å². The second kappa shape index (κ2) is 8.44. The predicted octanol–water partition coefficient (Wildman–Crippen LogP) is 4.03. The van der Waals surface area contributed by atoms with Gasteiger partial charge in [-0.2, -0.15) is 9.40 Å². The molecule has 1 N–H and O–H groups in total. The van der Waals surface area contributed by atoms with Crippen molar-refractivity contribution in [1.29, 1.82) is 0 Å². The Morgan fingerprint density at radius 3 is 2.87 bits per heavy atom. The van der Waals surface area contributed by atoms with E-state index in [-0.39, 0.29) is 10.9 Å². The van der Waals surface area contributed by atoms with Crippen molar-refractivity contribution in [2.45, 2.75) is 57.5 Å². The Morgan fingerprint density at radius 1 is 1.30 bits per heavy atom. The number of nitrogens with zero attached hydrogens (tertiary/aromatic N) is 5. The summed E-state index contributed by atoms with van der Waals surface area (Å²) in [4.78, 5) is 10.4. The summed E-state index contributed by atoms with van der Waals surface area (Å²) in [7, 11) is -3.65. The SMILES string of the molecule is CCCn1cc(S(=O)(=O)N2CCCC2c2cccc(Nc3ncc(C)s3)n2)c(C)n1. The van der Waals surface area contributed by atoms with Crippen molar-refractivity contribution in [2.24, 2.45) is 0 Å². The molecule has 1 aliphatic heterocycles. The largest absolute Gasteiger partial charge is 0.316 e. The number of aryl methyl sites for hydroxylation is 3. The predicted molar refractivity (Wildman–Crippen MR) is 117 cm³/mol. The normalized spacial score (nSPS) is 17.5. The van der Waals surface area contributed by atoms with Crippen molar-refractivity contribution in [3.05, 3.63) is 46.9 Å². The number of hydrogen-bond donors (Lipinski definition) is 1. The summed E-state index contributed by atoms with van der Waals surface area (Å²) in [6.07, 6.45) is 5.91. The number of thiazole rings is 1. The van der Waals surface area contributed by atoms with E-state index in [1.165, 1.54) is 0 Å². The van der Waals surface area contributed by atoms with Crippen LogP contribution in [0.15, 0.2) is 35.5 Å². The van der Waals surface area contributed by atoms with Crippen LogP contribution in [-0.2, 0) is 16.6 Å². The third kappa shape index (κ3) is 4.12. The molecule has 0 saturated carbocycles. The topological polar surface area (TPSA) is 93.0 Å². The van der Waals surface area contributed by atoms with Crippen LogP contribution in [0.3, 0.4) is 0 Å². The molecule has 0 spiro atoms. The third-order valence-electron chi connectivity index (χ3n) is 5.11. The smallest absolute Gasteiger partial charge is 0.247 e. The molecule has 160 valence electrons. The van der Waals surface area contributed by atoms with Crippen molar-refractivity contribution in [3.63, 3.8) is 0 Å². The second-order valence-electron chi connectivity index (χ2n) is 7.46. The zero-order chi connectivity index (χ0) is 21.3. The number of sulfonamides is 1. The number of hydrogen-bond acceptors (Lipinski definition) is 7. The number of pyridine rings is 1. The van der Waals surface area contributed by atoms with Gasteiger partial charge in [0.2, 0.25) is 10.0 Å². The van der Waals surface area contributed by atoms with E-state index in [4.69, 9.17) is 4.98 Å². The molecule has 1 atom stereocenters. The Labute approximate surface area is 181 Å². The molecule has 10 heteroatoms. The van der Waals surface area contributed by atoms with Gasteiger partial charge in [-0.15, -0.1) is 11.3 Å². The summed E-state index contributed by atoms with van der Waals surface area (Å²) in [5, 5.41) is 8.36. The van der Waals surface area contributed by atoms with E-state index >= 15 is 0 Å². The minimum absolute atomic E-state index is 0.287. The number of nitrogens with one attached hydrogen (secondary N) is 1. The Morgan fingerprint density at radius 2 is 2.13 bits per heavy atom. The van der Waals surface area contributed by atoms with E-state index in [0.29, 0.717) is 24.6 Å². The van der Waals surface area contributed by atoms with Crippen molar-refractivity contribution < 1.29 is 8.42 Å². The summed E-state index contributed by atoms with van der Waals surface area (Å²) in [5.41, 5.74) is 1.28. The van der Waals surface area contributed by atoms with Gasteiger partial charge in [0, 0.05) is 30.4 Å². The molecular weight excluding hydrogens is 420 g/mol. The molecule has 8 nitrogen and oxygen atoms in total. The van der Waals surface area contributed by atoms with E-state index in [1.54, 1.807) is 33.4 Å². The van der Waals surface area contributed by atoms with Gasteiger partial charge in [-0.1, -0.05) is 13.0 Å². The molecule has 4 rings (SSSR count). The highest BCUT2D eigenvalue weighted by Crippen LogP contribution is 2.37. The van der Waals surface area contributed by atoms with Gasteiger partial charge < -0.3 is 5.32 Å². The lowest BCUT2D eigenvalue weighted by Gasteiger charge is -2.23. The highest BCUT2D eigenvalue weighted by atomic mass is 32.2. The fourth-order valence-corrected chi connectivity index (χ4v) is 6.29. The van der Waals surface area contributed by atoms with Crippen LogP contribution in [-0.4, -0.2) is 39.0 Å². The average molecular weight is 447 g/mol. The van der Waals surface area contributed by atoms with Crippen molar-refractivity contribution >= 4 is 32.3 Å². The minimum atomic E-state index is -3.65. The van der Waals surface area contributed by atoms with Crippen LogP contribution in [0.5, 0.6) is 0 Å². The maximum atomic E-state index is 13.5. The molecule has 0 radical (unpaired) electrons. The third-order valence-corrected chi connectivity index (χ3v) is 7.95. The van der Waals surface area contributed by atoms with E-state index in [9.17, 15) is 8.42 Å². The molecule has 0 aromatic carbocycles. The zero-order valence-electron chi connectivity index (χ0n) is 17.4. The number of anilines is 2. The molecule has 3 aromatic heterocycles. The molecule has 1 aliphatic rings. The average Bonchev–Trinajstić information content (AvgIpc) is 3.43. The molecule has 3 aromatic rings. The number of aromatic nitrogens is 4. The van der Waals surface area contributed by atoms with Gasteiger partial charge in [-0.25, -0.2) is 18.4 Å². The van der Waals surface area contributed by atoms with E-state index < -0.39 is 10.0 Å². The van der Waals surface area contributed by atoms with Crippen molar-refractivity contribution in [3.8, 4) is 0 Å². The van der Waals surface area contributed by atoms with E-state index in [1.807, 2.05) is 38.2 Å². The van der Waals surface area contributed by atoms with Crippen LogP contribution in [0.4, 0.5) is 10.9 Å². The summed E-state index contributed by atoms with van der Waals surface area (Å²) < 4.78 is 30.2. The Bertz CT molecular complexity index is 1140. The zero-order valence-corrected chi connectivity index (χ0v) is 19.0. The highest BCUT2D eigenvalue weighted by molar-refractivity contribution is 7.89. The lowest BCUT2D eigenvalue weighted by atomic mass is 10.1. The first-order valence-corrected chi connectivity index (χ1v) is 12.4. The van der Waals surface area contributed by atoms with Gasteiger partial charge >= 0.3 is 0 Å². The second-order valence-corrected chi connectivity index (χ2v) is 10.6. The first kappa shape index (κ1) is 21.0. The van der Waals surface area contributed by atoms with Gasteiger partial charge in [-0.05, 0) is 45.2 Å². The molecule has 4 heterocycles. The maximum absolute atomic E-state index is 13.5. The summed E-state index contributed by atoms with van der Waals surface area (Å²) in [5.74, 6) is 0.665. The van der Waals surface area contributed by atoms with Crippen LogP contribution in [0, 0.1) is 13.8 Å².